The van der Waals surface area contributed by atoms with Gasteiger partial charge in [0, 0.05) is 11.8 Å². The van der Waals surface area contributed by atoms with Gasteiger partial charge in [-0.2, -0.15) is 0 Å². The van der Waals surface area contributed by atoms with Gasteiger partial charge >= 0.3 is 5.97 Å². The summed E-state index contributed by atoms with van der Waals surface area (Å²) in [5.41, 5.74) is 0.358. The largest absolute Gasteiger partial charge is 0.493 e. The maximum Gasteiger partial charge on any atom is 0.306 e. The van der Waals surface area contributed by atoms with Crippen LogP contribution in [0.15, 0.2) is 18.2 Å². The molecule has 0 aliphatic carbocycles. The van der Waals surface area contributed by atoms with Gasteiger partial charge in [0.15, 0.2) is 23.9 Å². The number of rotatable bonds is 7. The molecular formula is C17H24O5. The van der Waals surface area contributed by atoms with Crippen LogP contribution in [0.4, 0.5) is 0 Å². The van der Waals surface area contributed by atoms with Crippen molar-refractivity contribution in [2.45, 2.75) is 33.6 Å². The average Bonchev–Trinajstić information content (AvgIpc) is 2.48. The van der Waals surface area contributed by atoms with Crippen molar-refractivity contribution in [1.29, 1.82) is 0 Å². The molecule has 0 radical (unpaired) electrons. The van der Waals surface area contributed by atoms with Crippen LogP contribution in [0.1, 0.15) is 32.8 Å². The number of ketones is 1. The molecular weight excluding hydrogens is 284 g/mol. The molecule has 0 bridgehead atoms. The second kappa shape index (κ2) is 7.82. The van der Waals surface area contributed by atoms with E-state index in [-0.39, 0.29) is 18.8 Å². The van der Waals surface area contributed by atoms with E-state index in [1.54, 1.807) is 41.1 Å². The zero-order valence-corrected chi connectivity index (χ0v) is 13.9. The van der Waals surface area contributed by atoms with Crippen molar-refractivity contribution in [3.63, 3.8) is 0 Å². The number of carbonyl (C=O) groups is 2. The van der Waals surface area contributed by atoms with Crippen LogP contribution in [-0.2, 0) is 20.7 Å². The first-order valence-corrected chi connectivity index (χ1v) is 7.18. The smallest absolute Gasteiger partial charge is 0.306 e. The van der Waals surface area contributed by atoms with Gasteiger partial charge in [0.05, 0.1) is 14.2 Å². The average molecular weight is 308 g/mol. The van der Waals surface area contributed by atoms with E-state index in [4.69, 9.17) is 14.2 Å². The summed E-state index contributed by atoms with van der Waals surface area (Å²) in [6, 6.07) is 5.50. The summed E-state index contributed by atoms with van der Waals surface area (Å²) >= 11 is 0. The van der Waals surface area contributed by atoms with Gasteiger partial charge in [-0.05, 0) is 18.1 Å². The van der Waals surface area contributed by atoms with Crippen LogP contribution in [0.5, 0.6) is 11.5 Å². The number of para-hydroxylation sites is 1. The van der Waals surface area contributed by atoms with Crippen LogP contribution in [-0.4, -0.2) is 32.6 Å². The Bertz CT molecular complexity index is 528. The molecule has 5 nitrogen and oxygen atoms in total. The molecule has 0 atom stereocenters. The topological polar surface area (TPSA) is 61.8 Å². The third-order valence-electron chi connectivity index (χ3n) is 3.28. The summed E-state index contributed by atoms with van der Waals surface area (Å²) in [5, 5.41) is 0. The molecule has 0 unspecified atom stereocenters. The summed E-state index contributed by atoms with van der Waals surface area (Å²) in [5.74, 6) is 0.738. The van der Waals surface area contributed by atoms with Crippen LogP contribution in [0.25, 0.3) is 0 Å². The van der Waals surface area contributed by atoms with Crippen molar-refractivity contribution < 1.29 is 23.8 Å². The fraction of sp³-hybridized carbons (Fsp3) is 0.529. The lowest BCUT2D eigenvalue weighted by molar-refractivity contribution is -0.150. The van der Waals surface area contributed by atoms with Crippen molar-refractivity contribution >= 4 is 11.8 Å². The van der Waals surface area contributed by atoms with Crippen molar-refractivity contribution in [2.24, 2.45) is 5.41 Å². The first kappa shape index (κ1) is 18.0. The Morgan fingerprint density at radius 1 is 1.09 bits per heavy atom. The van der Waals surface area contributed by atoms with Crippen molar-refractivity contribution in [3.8, 4) is 11.5 Å². The summed E-state index contributed by atoms with van der Waals surface area (Å²) in [4.78, 5) is 23.5. The highest BCUT2D eigenvalue weighted by Crippen LogP contribution is 2.31. The first-order chi connectivity index (χ1) is 10.3. The Balaban J connectivity index is 2.56. The molecule has 1 aromatic rings. The minimum Gasteiger partial charge on any atom is -0.493 e. The number of hydrogen-bond donors (Lipinski definition) is 0. The number of hydrogen-bond acceptors (Lipinski definition) is 5. The summed E-state index contributed by atoms with van der Waals surface area (Å²) < 4.78 is 15.5. The van der Waals surface area contributed by atoms with Gasteiger partial charge in [0.1, 0.15) is 0 Å². The van der Waals surface area contributed by atoms with Crippen LogP contribution in [0.3, 0.4) is 0 Å². The Morgan fingerprint density at radius 3 is 2.32 bits per heavy atom. The molecule has 0 fully saturated rings. The summed E-state index contributed by atoms with van der Waals surface area (Å²) in [7, 11) is 3.12. The van der Waals surface area contributed by atoms with E-state index >= 15 is 0 Å². The van der Waals surface area contributed by atoms with E-state index < -0.39 is 11.4 Å². The third-order valence-corrected chi connectivity index (χ3v) is 3.28. The Kier molecular flexibility index (Phi) is 6.40. The highest BCUT2D eigenvalue weighted by atomic mass is 16.5. The van der Waals surface area contributed by atoms with E-state index in [2.05, 4.69) is 0 Å². The molecule has 0 aliphatic heterocycles. The quantitative estimate of drug-likeness (QED) is 0.725. The van der Waals surface area contributed by atoms with Gasteiger partial charge in [-0.15, -0.1) is 0 Å². The zero-order chi connectivity index (χ0) is 16.8. The molecule has 0 aromatic heterocycles. The number of carbonyl (C=O) groups excluding carboxylic acids is 2. The van der Waals surface area contributed by atoms with Crippen LogP contribution < -0.4 is 9.47 Å². The highest BCUT2D eigenvalue weighted by Gasteiger charge is 2.22. The normalized spacial score (nSPS) is 11.0. The number of ether oxygens (including phenoxy) is 3. The molecule has 5 heteroatoms. The van der Waals surface area contributed by atoms with Gasteiger partial charge in [-0.25, -0.2) is 0 Å². The van der Waals surface area contributed by atoms with E-state index in [0.717, 1.165) is 5.56 Å². The second-order valence-electron chi connectivity index (χ2n) is 5.99. The van der Waals surface area contributed by atoms with Gasteiger partial charge < -0.3 is 14.2 Å². The van der Waals surface area contributed by atoms with Gasteiger partial charge in [-0.1, -0.05) is 32.9 Å². The molecule has 0 aliphatic rings. The number of Topliss-reactive ketones (excluding diaryl/α,β-unsaturated/α-hetero) is 1. The maximum atomic E-state index is 11.8. The third kappa shape index (κ3) is 5.06. The Hall–Kier alpha value is -2.04. The maximum absolute atomic E-state index is 11.8. The predicted molar refractivity (Wildman–Crippen MR) is 83.3 cm³/mol. The number of benzene rings is 1. The van der Waals surface area contributed by atoms with Gasteiger partial charge in [0.2, 0.25) is 0 Å². The van der Waals surface area contributed by atoms with Crippen LogP contribution in [0.2, 0.25) is 0 Å². The van der Waals surface area contributed by atoms with Gasteiger partial charge in [-0.3, -0.25) is 9.59 Å². The van der Waals surface area contributed by atoms with Crippen LogP contribution >= 0.6 is 0 Å². The highest BCUT2D eigenvalue weighted by molar-refractivity contribution is 5.86. The van der Waals surface area contributed by atoms with E-state index in [1.807, 2.05) is 12.1 Å². The Labute approximate surface area is 131 Å². The van der Waals surface area contributed by atoms with Crippen molar-refractivity contribution in [2.75, 3.05) is 20.8 Å². The number of esters is 1. The van der Waals surface area contributed by atoms with Crippen LogP contribution in [0, 0.1) is 5.41 Å². The molecule has 0 saturated carbocycles. The van der Waals surface area contributed by atoms with E-state index in [9.17, 15) is 9.59 Å². The van der Waals surface area contributed by atoms with Crippen molar-refractivity contribution in [3.05, 3.63) is 23.8 Å². The van der Waals surface area contributed by atoms with E-state index in [1.165, 1.54) is 0 Å². The zero-order valence-electron chi connectivity index (χ0n) is 13.9. The van der Waals surface area contributed by atoms with Gasteiger partial charge in [0.25, 0.3) is 0 Å². The molecule has 0 amide bonds. The molecule has 0 spiro atoms. The summed E-state index contributed by atoms with van der Waals surface area (Å²) in [6.07, 6.45) is 0.643. The number of aryl methyl sites for hydroxylation is 1. The fourth-order valence-electron chi connectivity index (χ4n) is 1.82. The van der Waals surface area contributed by atoms with E-state index in [0.29, 0.717) is 17.9 Å². The molecule has 1 aromatic carbocycles. The Morgan fingerprint density at radius 2 is 1.77 bits per heavy atom. The monoisotopic (exact) mass is 308 g/mol. The number of methoxy groups -OCH3 is 2. The molecule has 22 heavy (non-hydrogen) atoms. The molecule has 122 valence electrons. The minimum absolute atomic E-state index is 0.0974. The fourth-order valence-corrected chi connectivity index (χ4v) is 1.82. The molecule has 1 rings (SSSR count). The summed E-state index contributed by atoms with van der Waals surface area (Å²) in [6.45, 7) is 5.20. The standard InChI is InChI=1S/C17H24O5/c1-17(2,3)14(18)11-22-15(19)10-9-12-7-6-8-13(20-4)16(12)21-5/h6-8H,9-11H2,1-5H3. The lowest BCUT2D eigenvalue weighted by atomic mass is 9.91. The molecule has 0 saturated heterocycles. The molecule has 0 N–H and O–H groups in total. The minimum atomic E-state index is -0.504. The van der Waals surface area contributed by atoms with Crippen molar-refractivity contribution in [1.82, 2.24) is 0 Å². The second-order valence-corrected chi connectivity index (χ2v) is 5.99. The lowest BCUT2D eigenvalue weighted by Crippen LogP contribution is -2.26. The first-order valence-electron chi connectivity index (χ1n) is 7.18. The predicted octanol–water partition coefficient (Wildman–Crippen LogP) is 2.79. The molecule has 0 heterocycles. The lowest BCUT2D eigenvalue weighted by Gasteiger charge is -2.16. The SMILES string of the molecule is COc1cccc(CCC(=O)OCC(=O)C(C)(C)C)c1OC.